The van der Waals surface area contributed by atoms with E-state index < -0.39 is 0 Å². The first-order chi connectivity index (χ1) is 8.59. The lowest BCUT2D eigenvalue weighted by Gasteiger charge is -2.28. The van der Waals surface area contributed by atoms with Crippen molar-refractivity contribution >= 4 is 0 Å². The molecule has 18 heavy (non-hydrogen) atoms. The maximum Gasteiger partial charge on any atom is 0.0320 e. The molecule has 1 fully saturated rings. The average molecular weight is 246 g/mol. The summed E-state index contributed by atoms with van der Waals surface area (Å²) in [6, 6.07) is 12.1. The lowest BCUT2D eigenvalue weighted by atomic mass is 10.00. The summed E-state index contributed by atoms with van der Waals surface area (Å²) >= 11 is 0. The maximum absolute atomic E-state index is 2.62. The minimum atomic E-state index is 0.547. The molecule has 1 aliphatic heterocycles. The van der Waals surface area contributed by atoms with Crippen LogP contribution in [0.2, 0.25) is 0 Å². The van der Waals surface area contributed by atoms with Crippen molar-refractivity contribution < 1.29 is 0 Å². The van der Waals surface area contributed by atoms with Crippen LogP contribution in [0.1, 0.15) is 31.9 Å². The fraction of sp³-hybridized carbons (Fsp3) is 0.625. The van der Waals surface area contributed by atoms with Crippen molar-refractivity contribution in [3.8, 4) is 0 Å². The highest BCUT2D eigenvalue weighted by Crippen LogP contribution is 2.29. The minimum Gasteiger partial charge on any atom is -0.306 e. The first-order valence-electron chi connectivity index (χ1n) is 7.05. The summed E-state index contributed by atoms with van der Waals surface area (Å²) in [6.07, 6.45) is 1.33. The van der Waals surface area contributed by atoms with Crippen molar-refractivity contribution in [3.05, 3.63) is 35.9 Å². The fourth-order valence-corrected chi connectivity index (χ4v) is 2.92. The van der Waals surface area contributed by atoms with Crippen LogP contribution in [-0.4, -0.2) is 43.0 Å². The summed E-state index contributed by atoms with van der Waals surface area (Å²) in [7, 11) is 4.38. The molecule has 0 aromatic heterocycles. The molecular weight excluding hydrogens is 220 g/mol. The molecular formula is C16H26N2. The lowest BCUT2D eigenvalue weighted by molar-refractivity contribution is 0.202. The van der Waals surface area contributed by atoms with Crippen LogP contribution in [0.15, 0.2) is 30.3 Å². The highest BCUT2D eigenvalue weighted by Gasteiger charge is 2.30. The van der Waals surface area contributed by atoms with Gasteiger partial charge in [-0.1, -0.05) is 30.3 Å². The van der Waals surface area contributed by atoms with Crippen molar-refractivity contribution in [1.29, 1.82) is 0 Å². The van der Waals surface area contributed by atoms with Gasteiger partial charge in [0.1, 0.15) is 0 Å². The molecule has 0 radical (unpaired) electrons. The van der Waals surface area contributed by atoms with E-state index in [1.54, 1.807) is 0 Å². The van der Waals surface area contributed by atoms with Gasteiger partial charge in [0, 0.05) is 18.6 Å². The van der Waals surface area contributed by atoms with Crippen LogP contribution in [0.4, 0.5) is 0 Å². The van der Waals surface area contributed by atoms with Gasteiger partial charge in [0.2, 0.25) is 0 Å². The van der Waals surface area contributed by atoms with Crippen LogP contribution in [0.3, 0.4) is 0 Å². The van der Waals surface area contributed by atoms with E-state index in [0.29, 0.717) is 12.1 Å². The van der Waals surface area contributed by atoms with Crippen LogP contribution < -0.4 is 0 Å². The largest absolute Gasteiger partial charge is 0.306 e. The smallest absolute Gasteiger partial charge is 0.0320 e. The molecule has 0 aliphatic carbocycles. The second-order valence-corrected chi connectivity index (χ2v) is 5.83. The minimum absolute atomic E-state index is 0.547. The van der Waals surface area contributed by atoms with Gasteiger partial charge in [0.15, 0.2) is 0 Å². The number of likely N-dealkylation sites (tertiary alicyclic amines) is 1. The van der Waals surface area contributed by atoms with Gasteiger partial charge in [-0.25, -0.2) is 0 Å². The summed E-state index contributed by atoms with van der Waals surface area (Å²) in [5, 5.41) is 0. The van der Waals surface area contributed by atoms with Gasteiger partial charge in [0.05, 0.1) is 0 Å². The first-order valence-corrected chi connectivity index (χ1v) is 7.05. The summed E-state index contributed by atoms with van der Waals surface area (Å²) in [5.74, 6) is 0.811. The highest BCUT2D eigenvalue weighted by atomic mass is 15.2. The molecule has 0 bridgehead atoms. The Bertz CT molecular complexity index is 361. The molecule has 1 heterocycles. The van der Waals surface area contributed by atoms with E-state index in [2.05, 4.69) is 68.1 Å². The van der Waals surface area contributed by atoms with Gasteiger partial charge in [-0.15, -0.1) is 0 Å². The van der Waals surface area contributed by atoms with E-state index >= 15 is 0 Å². The van der Waals surface area contributed by atoms with E-state index in [-0.39, 0.29) is 0 Å². The van der Waals surface area contributed by atoms with Gasteiger partial charge >= 0.3 is 0 Å². The van der Waals surface area contributed by atoms with Crippen molar-refractivity contribution in [3.63, 3.8) is 0 Å². The molecule has 1 aromatic rings. The Morgan fingerprint density at radius 3 is 2.44 bits per heavy atom. The molecule has 0 spiro atoms. The predicted molar refractivity (Wildman–Crippen MR) is 77.7 cm³/mol. The SMILES string of the molecule is C[C@H]([C@H]1CCN([C@@H](C)c2ccccc2)C1)N(C)C. The second kappa shape index (κ2) is 5.85. The summed E-state index contributed by atoms with van der Waals surface area (Å²) in [5.41, 5.74) is 1.44. The molecule has 0 unspecified atom stereocenters. The topological polar surface area (TPSA) is 6.48 Å². The molecule has 1 aliphatic rings. The Balaban J connectivity index is 1.97. The Morgan fingerprint density at radius 2 is 1.83 bits per heavy atom. The molecule has 0 N–H and O–H groups in total. The van der Waals surface area contributed by atoms with Gasteiger partial charge in [-0.05, 0) is 52.4 Å². The highest BCUT2D eigenvalue weighted by molar-refractivity contribution is 5.18. The van der Waals surface area contributed by atoms with Gasteiger partial charge in [-0.2, -0.15) is 0 Å². The maximum atomic E-state index is 2.62. The Labute approximate surface area is 112 Å². The van der Waals surface area contributed by atoms with Crippen LogP contribution in [0.25, 0.3) is 0 Å². The molecule has 1 saturated heterocycles. The average Bonchev–Trinajstić information content (AvgIpc) is 2.87. The van der Waals surface area contributed by atoms with E-state index in [0.717, 1.165) is 5.92 Å². The van der Waals surface area contributed by atoms with E-state index in [1.165, 1.54) is 25.1 Å². The standard InChI is InChI=1S/C16H26N2/c1-13(17(3)4)16-10-11-18(12-16)14(2)15-8-6-5-7-9-15/h5-9,13-14,16H,10-12H2,1-4H3/t13-,14+,16+/m1/s1. The van der Waals surface area contributed by atoms with E-state index in [4.69, 9.17) is 0 Å². The zero-order valence-electron chi connectivity index (χ0n) is 12.1. The van der Waals surface area contributed by atoms with Crippen LogP contribution in [0, 0.1) is 5.92 Å². The molecule has 0 amide bonds. The molecule has 3 atom stereocenters. The molecule has 0 saturated carbocycles. The van der Waals surface area contributed by atoms with Gasteiger partial charge in [0.25, 0.3) is 0 Å². The first kappa shape index (κ1) is 13.6. The van der Waals surface area contributed by atoms with Crippen LogP contribution >= 0.6 is 0 Å². The summed E-state index contributed by atoms with van der Waals surface area (Å²) < 4.78 is 0. The summed E-state index contributed by atoms with van der Waals surface area (Å²) in [6.45, 7) is 7.15. The van der Waals surface area contributed by atoms with Crippen molar-refractivity contribution in [2.45, 2.75) is 32.4 Å². The zero-order chi connectivity index (χ0) is 13.1. The van der Waals surface area contributed by atoms with E-state index in [9.17, 15) is 0 Å². The van der Waals surface area contributed by atoms with Crippen molar-refractivity contribution in [2.24, 2.45) is 5.92 Å². The van der Waals surface area contributed by atoms with Gasteiger partial charge in [-0.3, -0.25) is 4.90 Å². The number of nitrogens with zero attached hydrogens (tertiary/aromatic N) is 2. The van der Waals surface area contributed by atoms with Crippen LogP contribution in [-0.2, 0) is 0 Å². The van der Waals surface area contributed by atoms with Crippen LogP contribution in [0.5, 0.6) is 0 Å². The Kier molecular flexibility index (Phi) is 4.41. The molecule has 2 heteroatoms. The normalized spacial score (nSPS) is 24.4. The summed E-state index contributed by atoms with van der Waals surface area (Å²) in [4.78, 5) is 4.97. The molecule has 2 nitrogen and oxygen atoms in total. The Morgan fingerprint density at radius 1 is 1.17 bits per heavy atom. The predicted octanol–water partition coefficient (Wildman–Crippen LogP) is 3.02. The number of benzene rings is 1. The lowest BCUT2D eigenvalue weighted by Crippen LogP contribution is -2.34. The quantitative estimate of drug-likeness (QED) is 0.806. The fourth-order valence-electron chi connectivity index (χ4n) is 2.92. The van der Waals surface area contributed by atoms with Gasteiger partial charge < -0.3 is 4.90 Å². The number of hydrogen-bond donors (Lipinski definition) is 0. The number of rotatable bonds is 4. The van der Waals surface area contributed by atoms with E-state index in [1.807, 2.05) is 0 Å². The second-order valence-electron chi connectivity index (χ2n) is 5.83. The van der Waals surface area contributed by atoms with Crippen molar-refractivity contribution in [2.75, 3.05) is 27.2 Å². The molecule has 1 aromatic carbocycles. The third kappa shape index (κ3) is 2.93. The monoisotopic (exact) mass is 246 g/mol. The molecule has 2 rings (SSSR count). The molecule has 100 valence electrons. The number of hydrogen-bond acceptors (Lipinski definition) is 2. The zero-order valence-corrected chi connectivity index (χ0v) is 12.1. The third-order valence-electron chi connectivity index (χ3n) is 4.58. The van der Waals surface area contributed by atoms with Crippen molar-refractivity contribution in [1.82, 2.24) is 9.80 Å². The Hall–Kier alpha value is -0.860. The third-order valence-corrected chi connectivity index (χ3v) is 4.58.